The lowest BCUT2D eigenvalue weighted by Crippen LogP contribution is -2.55. The molecular formula is C21H20N4O5. The van der Waals surface area contributed by atoms with Crippen molar-refractivity contribution < 1.29 is 24.3 Å². The molecule has 0 bridgehead atoms. The van der Waals surface area contributed by atoms with Crippen LogP contribution in [0.25, 0.3) is 11.3 Å². The van der Waals surface area contributed by atoms with Crippen LogP contribution in [0.2, 0.25) is 0 Å². The highest BCUT2D eigenvalue weighted by atomic mass is 16.4. The summed E-state index contributed by atoms with van der Waals surface area (Å²) >= 11 is 0. The molecule has 0 radical (unpaired) electrons. The van der Waals surface area contributed by atoms with Gasteiger partial charge in [0.15, 0.2) is 11.8 Å². The zero-order chi connectivity index (χ0) is 21.7. The van der Waals surface area contributed by atoms with E-state index < -0.39 is 42.2 Å². The molecule has 9 nitrogen and oxygen atoms in total. The molecule has 0 spiro atoms. The number of rotatable bonds is 6. The number of nitrogens with zero attached hydrogens (tertiary/aromatic N) is 2. The third-order valence-electron chi connectivity index (χ3n) is 4.50. The first-order valence-electron chi connectivity index (χ1n) is 9.15. The van der Waals surface area contributed by atoms with Crippen molar-refractivity contribution in [2.24, 2.45) is 0 Å². The quantitative estimate of drug-likeness (QED) is 0.621. The fourth-order valence-corrected chi connectivity index (χ4v) is 2.96. The first-order valence-corrected chi connectivity index (χ1v) is 9.15. The second-order valence-electron chi connectivity index (χ2n) is 6.68. The van der Waals surface area contributed by atoms with Crippen molar-refractivity contribution in [3.63, 3.8) is 0 Å². The SMILES string of the molecule is CN1C=CC(=O)C(NC(=O)NC(CC(=O)O)c2cccc(-c3ccccc3)n2)C1=O. The number of aliphatic carboxylic acids is 1. The number of pyridine rings is 1. The lowest BCUT2D eigenvalue weighted by Gasteiger charge is -2.25. The number of carbonyl (C=O) groups is 4. The molecule has 3 N–H and O–H groups in total. The van der Waals surface area contributed by atoms with Gasteiger partial charge in [-0.3, -0.25) is 19.4 Å². The first-order chi connectivity index (χ1) is 14.3. The van der Waals surface area contributed by atoms with Crippen LogP contribution in [0.1, 0.15) is 18.2 Å². The van der Waals surface area contributed by atoms with Crippen LogP contribution in [-0.2, 0) is 14.4 Å². The number of hydrogen-bond donors (Lipinski definition) is 3. The second-order valence-corrected chi connectivity index (χ2v) is 6.68. The van der Waals surface area contributed by atoms with Crippen LogP contribution in [0, 0.1) is 0 Å². The Morgan fingerprint density at radius 2 is 1.87 bits per heavy atom. The molecule has 154 valence electrons. The Kier molecular flexibility index (Phi) is 6.21. The van der Waals surface area contributed by atoms with E-state index in [1.807, 2.05) is 30.3 Å². The van der Waals surface area contributed by atoms with Gasteiger partial charge >= 0.3 is 12.0 Å². The van der Waals surface area contributed by atoms with Gasteiger partial charge in [-0.15, -0.1) is 0 Å². The molecular weight excluding hydrogens is 388 g/mol. The van der Waals surface area contributed by atoms with Crippen LogP contribution in [-0.4, -0.2) is 51.8 Å². The molecule has 9 heteroatoms. The summed E-state index contributed by atoms with van der Waals surface area (Å²) in [4.78, 5) is 53.5. The van der Waals surface area contributed by atoms with E-state index in [1.54, 1.807) is 18.2 Å². The van der Waals surface area contributed by atoms with Crippen LogP contribution in [0.3, 0.4) is 0 Å². The maximum atomic E-state index is 12.4. The van der Waals surface area contributed by atoms with Crippen molar-refractivity contribution >= 4 is 23.7 Å². The van der Waals surface area contributed by atoms with Crippen molar-refractivity contribution in [1.29, 1.82) is 0 Å². The number of aromatic nitrogens is 1. The van der Waals surface area contributed by atoms with Gasteiger partial charge < -0.3 is 20.6 Å². The molecule has 2 unspecified atom stereocenters. The normalized spacial score (nSPS) is 16.8. The summed E-state index contributed by atoms with van der Waals surface area (Å²) in [5.74, 6) is -2.29. The number of carboxylic acids is 1. The lowest BCUT2D eigenvalue weighted by molar-refractivity contribution is -0.138. The topological polar surface area (TPSA) is 129 Å². The number of carboxylic acid groups (broad SMARTS) is 1. The number of nitrogens with one attached hydrogen (secondary N) is 2. The van der Waals surface area contributed by atoms with E-state index in [0.717, 1.165) is 5.56 Å². The monoisotopic (exact) mass is 408 g/mol. The predicted molar refractivity (Wildman–Crippen MR) is 107 cm³/mol. The lowest BCUT2D eigenvalue weighted by atomic mass is 10.1. The molecule has 1 aromatic carbocycles. The summed E-state index contributed by atoms with van der Waals surface area (Å²) in [6.45, 7) is 0. The number of amides is 3. The van der Waals surface area contributed by atoms with E-state index in [4.69, 9.17) is 0 Å². The molecule has 0 aliphatic carbocycles. The van der Waals surface area contributed by atoms with Crippen LogP contribution < -0.4 is 10.6 Å². The molecule has 30 heavy (non-hydrogen) atoms. The van der Waals surface area contributed by atoms with E-state index in [1.165, 1.54) is 24.2 Å². The molecule has 1 aliphatic heterocycles. The summed E-state index contributed by atoms with van der Waals surface area (Å²) in [6.07, 6.45) is 2.07. The number of urea groups is 1. The molecule has 1 aliphatic rings. The third kappa shape index (κ3) is 4.88. The maximum absolute atomic E-state index is 12.4. The summed E-state index contributed by atoms with van der Waals surface area (Å²) in [7, 11) is 1.46. The zero-order valence-electron chi connectivity index (χ0n) is 16.1. The summed E-state index contributed by atoms with van der Waals surface area (Å²) < 4.78 is 0. The van der Waals surface area contributed by atoms with Gasteiger partial charge in [0.2, 0.25) is 0 Å². The predicted octanol–water partition coefficient (Wildman–Crippen LogP) is 1.49. The summed E-state index contributed by atoms with van der Waals surface area (Å²) in [6, 6.07) is 11.2. The Hall–Kier alpha value is -4.01. The number of likely N-dealkylation sites (N-methyl/N-ethyl adjacent to an activating group) is 1. The van der Waals surface area contributed by atoms with E-state index in [9.17, 15) is 24.3 Å². The molecule has 2 heterocycles. The smallest absolute Gasteiger partial charge is 0.316 e. The number of benzene rings is 1. The number of hydrogen-bond acceptors (Lipinski definition) is 5. The minimum atomic E-state index is -1.37. The molecule has 0 fully saturated rings. The van der Waals surface area contributed by atoms with Crippen molar-refractivity contribution in [1.82, 2.24) is 20.5 Å². The molecule has 1 aromatic heterocycles. The fourth-order valence-electron chi connectivity index (χ4n) is 2.96. The highest BCUT2D eigenvalue weighted by Gasteiger charge is 2.32. The number of ketones is 1. The van der Waals surface area contributed by atoms with Gasteiger partial charge in [-0.1, -0.05) is 36.4 Å². The van der Waals surface area contributed by atoms with Crippen LogP contribution >= 0.6 is 0 Å². The standard InChI is InChI=1S/C21H20N4O5/c1-25-11-10-17(26)19(20(25)29)24-21(30)23-16(12-18(27)28)15-9-5-8-14(22-15)13-6-3-2-4-7-13/h2-11,16,19H,12H2,1H3,(H,27,28)(H2,23,24,30). The van der Waals surface area contributed by atoms with Crippen LogP contribution in [0.4, 0.5) is 4.79 Å². The second kappa shape index (κ2) is 8.99. The Morgan fingerprint density at radius 1 is 1.13 bits per heavy atom. The third-order valence-corrected chi connectivity index (χ3v) is 4.50. The molecule has 2 aromatic rings. The Bertz CT molecular complexity index is 1010. The molecule has 0 saturated heterocycles. The Balaban J connectivity index is 1.79. The molecule has 3 amide bonds. The minimum absolute atomic E-state index is 0.340. The summed E-state index contributed by atoms with van der Waals surface area (Å²) in [5.41, 5.74) is 1.80. The van der Waals surface area contributed by atoms with Crippen LogP contribution in [0.15, 0.2) is 60.8 Å². The maximum Gasteiger partial charge on any atom is 0.316 e. The van der Waals surface area contributed by atoms with Gasteiger partial charge in [0.25, 0.3) is 5.91 Å². The first kappa shape index (κ1) is 20.7. The largest absolute Gasteiger partial charge is 0.481 e. The Morgan fingerprint density at radius 3 is 2.57 bits per heavy atom. The number of carbonyl (C=O) groups excluding carboxylic acids is 3. The van der Waals surface area contributed by atoms with E-state index in [0.29, 0.717) is 11.4 Å². The minimum Gasteiger partial charge on any atom is -0.481 e. The van der Waals surface area contributed by atoms with Gasteiger partial charge in [0.1, 0.15) is 0 Å². The van der Waals surface area contributed by atoms with Crippen molar-refractivity contribution in [2.75, 3.05) is 7.05 Å². The van der Waals surface area contributed by atoms with Crippen LogP contribution in [0.5, 0.6) is 0 Å². The fraction of sp³-hybridized carbons (Fsp3) is 0.190. The highest BCUT2D eigenvalue weighted by molar-refractivity contribution is 6.14. The molecule has 3 rings (SSSR count). The zero-order valence-corrected chi connectivity index (χ0v) is 16.1. The van der Waals surface area contributed by atoms with E-state index in [-0.39, 0.29) is 0 Å². The highest BCUT2D eigenvalue weighted by Crippen LogP contribution is 2.21. The van der Waals surface area contributed by atoms with Crippen molar-refractivity contribution in [3.05, 3.63) is 66.5 Å². The van der Waals surface area contributed by atoms with Gasteiger partial charge in [-0.2, -0.15) is 0 Å². The van der Waals surface area contributed by atoms with Gasteiger partial charge in [0.05, 0.1) is 23.9 Å². The summed E-state index contributed by atoms with van der Waals surface area (Å²) in [5, 5.41) is 14.1. The van der Waals surface area contributed by atoms with Crippen molar-refractivity contribution in [2.45, 2.75) is 18.5 Å². The molecule has 2 atom stereocenters. The molecule has 0 saturated carbocycles. The Labute approximate surface area is 172 Å². The van der Waals surface area contributed by atoms with Gasteiger partial charge in [-0.05, 0) is 12.1 Å². The van der Waals surface area contributed by atoms with Gasteiger partial charge in [0, 0.05) is 24.9 Å². The van der Waals surface area contributed by atoms with E-state index in [2.05, 4.69) is 15.6 Å². The average Bonchev–Trinajstić information content (AvgIpc) is 2.74. The van der Waals surface area contributed by atoms with Gasteiger partial charge in [-0.25, -0.2) is 4.79 Å². The average molecular weight is 408 g/mol. The van der Waals surface area contributed by atoms with Crippen molar-refractivity contribution in [3.8, 4) is 11.3 Å². The van der Waals surface area contributed by atoms with E-state index >= 15 is 0 Å².